The van der Waals surface area contributed by atoms with E-state index in [2.05, 4.69) is 24.0 Å². The van der Waals surface area contributed by atoms with Gasteiger partial charge in [0.2, 0.25) is 5.91 Å². The number of hydrogen-bond donors (Lipinski definition) is 1. The first-order chi connectivity index (χ1) is 10.1. The van der Waals surface area contributed by atoms with E-state index in [0.29, 0.717) is 6.04 Å². The van der Waals surface area contributed by atoms with Gasteiger partial charge in [0.15, 0.2) is 0 Å². The SMILES string of the molecule is COc1ccc(CC[C@H](C)N2CCC[C@H](C(N)=O)C2)cc1. The predicted molar refractivity (Wildman–Crippen MR) is 84.3 cm³/mol. The number of nitrogens with two attached hydrogens (primary N) is 1. The molecule has 1 aromatic rings. The quantitative estimate of drug-likeness (QED) is 0.874. The number of nitrogens with zero attached hydrogens (tertiary/aromatic N) is 1. The Labute approximate surface area is 127 Å². The summed E-state index contributed by atoms with van der Waals surface area (Å²) >= 11 is 0. The summed E-state index contributed by atoms with van der Waals surface area (Å²) in [4.78, 5) is 13.8. The molecule has 1 aromatic carbocycles. The Hall–Kier alpha value is -1.55. The smallest absolute Gasteiger partial charge is 0.221 e. The zero-order valence-corrected chi connectivity index (χ0v) is 13.0. The number of ether oxygens (including phenoxy) is 1. The molecule has 0 unspecified atom stereocenters. The zero-order chi connectivity index (χ0) is 15.2. The lowest BCUT2D eigenvalue weighted by molar-refractivity contribution is -0.123. The second-order valence-corrected chi connectivity index (χ2v) is 5.97. The van der Waals surface area contributed by atoms with Crippen LogP contribution >= 0.6 is 0 Å². The van der Waals surface area contributed by atoms with E-state index in [0.717, 1.165) is 44.5 Å². The molecule has 1 aliphatic rings. The van der Waals surface area contributed by atoms with E-state index >= 15 is 0 Å². The highest BCUT2D eigenvalue weighted by Gasteiger charge is 2.26. The van der Waals surface area contributed by atoms with Crippen molar-refractivity contribution in [3.05, 3.63) is 29.8 Å². The summed E-state index contributed by atoms with van der Waals surface area (Å²) in [7, 11) is 1.68. The lowest BCUT2D eigenvalue weighted by Gasteiger charge is -2.35. The van der Waals surface area contributed by atoms with Crippen LogP contribution in [0.3, 0.4) is 0 Å². The fraction of sp³-hybridized carbons (Fsp3) is 0.588. The summed E-state index contributed by atoms with van der Waals surface area (Å²) in [6, 6.07) is 8.73. The van der Waals surface area contributed by atoms with Crippen molar-refractivity contribution >= 4 is 5.91 Å². The molecule has 0 spiro atoms. The molecule has 1 amide bonds. The van der Waals surface area contributed by atoms with E-state index in [1.807, 2.05) is 12.1 Å². The van der Waals surface area contributed by atoms with Gasteiger partial charge >= 0.3 is 0 Å². The number of amides is 1. The van der Waals surface area contributed by atoms with Gasteiger partial charge in [-0.05, 0) is 56.8 Å². The van der Waals surface area contributed by atoms with Gasteiger partial charge in [-0.3, -0.25) is 9.69 Å². The number of aryl methyl sites for hydroxylation is 1. The molecule has 0 saturated carbocycles. The molecule has 4 heteroatoms. The standard InChI is InChI=1S/C17H26N2O2/c1-13(19-11-3-4-15(12-19)17(18)20)5-6-14-7-9-16(21-2)10-8-14/h7-10,13,15H,3-6,11-12H2,1-2H3,(H2,18,20)/t13-,15-/m0/s1. The highest BCUT2D eigenvalue weighted by atomic mass is 16.5. The Balaban J connectivity index is 1.83. The van der Waals surface area contributed by atoms with Gasteiger partial charge in [-0.1, -0.05) is 12.1 Å². The molecule has 1 aliphatic heterocycles. The molecule has 1 heterocycles. The highest BCUT2D eigenvalue weighted by Crippen LogP contribution is 2.21. The van der Waals surface area contributed by atoms with Crippen molar-refractivity contribution in [1.29, 1.82) is 0 Å². The molecule has 1 fully saturated rings. The normalized spacial score (nSPS) is 21.0. The van der Waals surface area contributed by atoms with Gasteiger partial charge in [-0.15, -0.1) is 0 Å². The van der Waals surface area contributed by atoms with Crippen LogP contribution in [0.25, 0.3) is 0 Å². The maximum absolute atomic E-state index is 11.3. The number of benzene rings is 1. The minimum absolute atomic E-state index is 0.0298. The third kappa shape index (κ3) is 4.46. The fourth-order valence-corrected chi connectivity index (χ4v) is 2.99. The van der Waals surface area contributed by atoms with Crippen molar-refractivity contribution in [2.24, 2.45) is 11.7 Å². The maximum atomic E-state index is 11.3. The second kappa shape index (κ2) is 7.46. The number of piperidine rings is 1. The molecule has 0 bridgehead atoms. The minimum Gasteiger partial charge on any atom is -0.497 e. The number of methoxy groups -OCH3 is 1. The molecule has 0 aliphatic carbocycles. The Kier molecular flexibility index (Phi) is 5.62. The minimum atomic E-state index is -0.151. The topological polar surface area (TPSA) is 55.6 Å². The molecule has 1 saturated heterocycles. The number of primary amides is 1. The predicted octanol–water partition coefficient (Wildman–Crippen LogP) is 2.21. The molecular weight excluding hydrogens is 264 g/mol. The van der Waals surface area contributed by atoms with Gasteiger partial charge in [-0.25, -0.2) is 0 Å². The lowest BCUT2D eigenvalue weighted by atomic mass is 9.95. The van der Waals surface area contributed by atoms with Crippen LogP contribution in [0, 0.1) is 5.92 Å². The zero-order valence-electron chi connectivity index (χ0n) is 13.0. The Bertz CT molecular complexity index is 458. The number of rotatable bonds is 6. The average Bonchev–Trinajstić information content (AvgIpc) is 2.53. The summed E-state index contributed by atoms with van der Waals surface area (Å²) in [5.74, 6) is 0.774. The van der Waals surface area contributed by atoms with Crippen molar-refractivity contribution in [3.8, 4) is 5.75 Å². The summed E-state index contributed by atoms with van der Waals surface area (Å²) in [5, 5.41) is 0. The Morgan fingerprint density at radius 1 is 1.43 bits per heavy atom. The van der Waals surface area contributed by atoms with Crippen LogP contribution in [-0.4, -0.2) is 37.0 Å². The van der Waals surface area contributed by atoms with Gasteiger partial charge in [0.25, 0.3) is 0 Å². The van der Waals surface area contributed by atoms with E-state index in [9.17, 15) is 4.79 Å². The fourth-order valence-electron chi connectivity index (χ4n) is 2.99. The van der Waals surface area contributed by atoms with Gasteiger partial charge < -0.3 is 10.5 Å². The van der Waals surface area contributed by atoms with Crippen molar-refractivity contribution in [1.82, 2.24) is 4.90 Å². The van der Waals surface area contributed by atoms with Crippen LogP contribution in [0.15, 0.2) is 24.3 Å². The Morgan fingerprint density at radius 2 is 2.14 bits per heavy atom. The highest BCUT2D eigenvalue weighted by molar-refractivity contribution is 5.76. The largest absolute Gasteiger partial charge is 0.497 e. The van der Waals surface area contributed by atoms with Gasteiger partial charge in [0.05, 0.1) is 13.0 Å². The summed E-state index contributed by atoms with van der Waals surface area (Å²) in [5.41, 5.74) is 6.77. The van der Waals surface area contributed by atoms with Crippen LogP contribution in [0.5, 0.6) is 5.75 Å². The first kappa shape index (κ1) is 15.8. The lowest BCUT2D eigenvalue weighted by Crippen LogP contribution is -2.45. The van der Waals surface area contributed by atoms with Crippen molar-refractivity contribution in [3.63, 3.8) is 0 Å². The molecule has 0 radical (unpaired) electrons. The molecule has 21 heavy (non-hydrogen) atoms. The maximum Gasteiger partial charge on any atom is 0.221 e. The number of hydrogen-bond acceptors (Lipinski definition) is 3. The number of carbonyl (C=O) groups excluding carboxylic acids is 1. The van der Waals surface area contributed by atoms with Crippen LogP contribution in [0.4, 0.5) is 0 Å². The first-order valence-corrected chi connectivity index (χ1v) is 7.76. The van der Waals surface area contributed by atoms with Gasteiger partial charge in [0.1, 0.15) is 5.75 Å². The number of likely N-dealkylation sites (tertiary alicyclic amines) is 1. The van der Waals surface area contributed by atoms with E-state index in [4.69, 9.17) is 10.5 Å². The number of carbonyl (C=O) groups is 1. The van der Waals surface area contributed by atoms with Gasteiger partial charge in [0, 0.05) is 12.6 Å². The van der Waals surface area contributed by atoms with Gasteiger partial charge in [-0.2, -0.15) is 0 Å². The van der Waals surface area contributed by atoms with Crippen molar-refractivity contribution in [2.75, 3.05) is 20.2 Å². The first-order valence-electron chi connectivity index (χ1n) is 7.76. The molecule has 116 valence electrons. The average molecular weight is 290 g/mol. The summed E-state index contributed by atoms with van der Waals surface area (Å²) in [6.07, 6.45) is 4.15. The van der Waals surface area contributed by atoms with Crippen LogP contribution in [-0.2, 0) is 11.2 Å². The van der Waals surface area contributed by atoms with E-state index in [-0.39, 0.29) is 11.8 Å². The second-order valence-electron chi connectivity index (χ2n) is 5.97. The monoisotopic (exact) mass is 290 g/mol. The van der Waals surface area contributed by atoms with E-state index in [1.54, 1.807) is 7.11 Å². The van der Waals surface area contributed by atoms with Crippen LogP contribution < -0.4 is 10.5 Å². The molecule has 2 N–H and O–H groups in total. The van der Waals surface area contributed by atoms with Crippen molar-refractivity contribution < 1.29 is 9.53 Å². The molecule has 2 atom stereocenters. The molecule has 2 rings (SSSR count). The van der Waals surface area contributed by atoms with Crippen LogP contribution in [0.1, 0.15) is 31.7 Å². The third-order valence-electron chi connectivity index (χ3n) is 4.49. The molecule has 0 aromatic heterocycles. The summed E-state index contributed by atoms with van der Waals surface area (Å²) in [6.45, 7) is 4.14. The van der Waals surface area contributed by atoms with E-state index in [1.165, 1.54) is 5.56 Å². The summed E-state index contributed by atoms with van der Waals surface area (Å²) < 4.78 is 5.17. The molecular formula is C17H26N2O2. The molecule has 4 nitrogen and oxygen atoms in total. The van der Waals surface area contributed by atoms with Crippen LogP contribution in [0.2, 0.25) is 0 Å². The Morgan fingerprint density at radius 3 is 2.76 bits per heavy atom. The third-order valence-corrected chi connectivity index (χ3v) is 4.49. The van der Waals surface area contributed by atoms with E-state index < -0.39 is 0 Å². The van der Waals surface area contributed by atoms with Crippen molar-refractivity contribution in [2.45, 2.75) is 38.6 Å².